The molecule has 3 nitrogen and oxygen atoms in total. The number of rotatable bonds is 1. The topological polar surface area (TPSA) is 49.3 Å². The van der Waals surface area contributed by atoms with Crippen LogP contribution in [0.5, 0.6) is 0 Å². The summed E-state index contributed by atoms with van der Waals surface area (Å²) in [5.74, 6) is 2.88. The second kappa shape index (κ2) is 6.52. The van der Waals surface area contributed by atoms with E-state index in [1.807, 2.05) is 30.3 Å². The molecule has 3 rings (SSSR count). The second-order valence-electron chi connectivity index (χ2n) is 5.80. The van der Waals surface area contributed by atoms with Crippen LogP contribution < -0.4 is 5.32 Å². The second-order valence-corrected chi connectivity index (χ2v) is 5.80. The number of hydrogen-bond donors (Lipinski definition) is 2. The van der Waals surface area contributed by atoms with Gasteiger partial charge in [0.05, 0.1) is 5.92 Å². The van der Waals surface area contributed by atoms with Crippen molar-refractivity contribution in [3.63, 3.8) is 0 Å². The molecule has 0 saturated heterocycles. The van der Waals surface area contributed by atoms with E-state index in [2.05, 4.69) is 17.2 Å². The highest BCUT2D eigenvalue weighted by Gasteiger charge is 2.49. The molecule has 128 valence electrons. The van der Waals surface area contributed by atoms with Crippen LogP contribution >= 0.6 is 0 Å². The van der Waals surface area contributed by atoms with Crippen LogP contribution in [0.3, 0.4) is 0 Å². The van der Waals surface area contributed by atoms with Crippen molar-refractivity contribution in [3.8, 4) is 11.8 Å². The summed E-state index contributed by atoms with van der Waals surface area (Å²) in [5.41, 5.74) is 2.26. The maximum absolute atomic E-state index is 13.1. The number of carboxylic acid groups (broad SMARTS) is 1. The van der Waals surface area contributed by atoms with Crippen LogP contribution in [0.15, 0.2) is 48.5 Å². The number of carbonyl (C=O) groups is 1. The van der Waals surface area contributed by atoms with E-state index in [0.717, 1.165) is 5.56 Å². The fourth-order valence-electron chi connectivity index (χ4n) is 2.81. The molecule has 0 fully saturated rings. The molecule has 25 heavy (non-hydrogen) atoms. The molecule has 0 amide bonds. The van der Waals surface area contributed by atoms with Crippen molar-refractivity contribution in [1.29, 1.82) is 0 Å². The lowest BCUT2D eigenvalue weighted by Crippen LogP contribution is -2.49. The number of hydrogen-bond acceptors (Lipinski definition) is 2. The third-order valence-corrected chi connectivity index (χ3v) is 4.05. The van der Waals surface area contributed by atoms with Gasteiger partial charge in [-0.3, -0.25) is 4.79 Å². The zero-order chi connectivity index (χ0) is 18.0. The van der Waals surface area contributed by atoms with Gasteiger partial charge in [-0.2, -0.15) is 13.2 Å². The van der Waals surface area contributed by atoms with Crippen molar-refractivity contribution in [2.24, 2.45) is 5.92 Å². The number of anilines is 1. The van der Waals surface area contributed by atoms with E-state index in [0.29, 0.717) is 16.8 Å². The van der Waals surface area contributed by atoms with Gasteiger partial charge in [0.15, 0.2) is 0 Å². The summed E-state index contributed by atoms with van der Waals surface area (Å²) < 4.78 is 39.3. The van der Waals surface area contributed by atoms with E-state index in [1.54, 1.807) is 12.1 Å². The molecule has 1 heterocycles. The lowest BCUT2D eigenvalue weighted by atomic mass is 9.86. The van der Waals surface area contributed by atoms with Gasteiger partial charge in [0, 0.05) is 16.8 Å². The summed E-state index contributed by atoms with van der Waals surface area (Å²) >= 11 is 0. The molecule has 2 N–H and O–H groups in total. The molecule has 2 aromatic rings. The zero-order valence-electron chi connectivity index (χ0n) is 13.0. The maximum Gasteiger partial charge on any atom is 0.409 e. The van der Waals surface area contributed by atoms with Gasteiger partial charge in [-0.1, -0.05) is 30.0 Å². The third kappa shape index (κ3) is 3.77. The Morgan fingerprint density at radius 1 is 1.08 bits per heavy atom. The van der Waals surface area contributed by atoms with Crippen LogP contribution in [-0.4, -0.2) is 23.3 Å². The normalized spacial score (nSPS) is 19.2. The Kier molecular flexibility index (Phi) is 4.41. The first-order valence-electron chi connectivity index (χ1n) is 7.60. The molecule has 2 aromatic carbocycles. The van der Waals surface area contributed by atoms with E-state index in [-0.39, 0.29) is 6.42 Å². The van der Waals surface area contributed by atoms with Gasteiger partial charge in [-0.15, -0.1) is 0 Å². The first-order valence-corrected chi connectivity index (χ1v) is 7.60. The Labute approximate surface area is 142 Å². The first-order chi connectivity index (χ1) is 11.8. The van der Waals surface area contributed by atoms with Crippen LogP contribution in [0.1, 0.15) is 16.7 Å². The van der Waals surface area contributed by atoms with Crippen LogP contribution in [0.4, 0.5) is 18.9 Å². The molecule has 2 unspecified atom stereocenters. The minimum Gasteiger partial charge on any atom is -0.481 e. The molecular formula is C19H14F3NO2. The Hall–Kier alpha value is -2.94. The van der Waals surface area contributed by atoms with E-state index < -0.39 is 24.1 Å². The Morgan fingerprint density at radius 3 is 2.40 bits per heavy atom. The van der Waals surface area contributed by atoms with E-state index >= 15 is 0 Å². The fraction of sp³-hybridized carbons (Fsp3) is 0.211. The number of halogens is 3. The number of alkyl halides is 3. The summed E-state index contributed by atoms with van der Waals surface area (Å²) in [6, 6.07) is 12.0. The summed E-state index contributed by atoms with van der Waals surface area (Å²) in [4.78, 5) is 11.2. The minimum atomic E-state index is -4.63. The highest BCUT2D eigenvalue weighted by molar-refractivity contribution is 5.75. The minimum absolute atomic E-state index is 0.192. The molecule has 0 radical (unpaired) electrons. The largest absolute Gasteiger partial charge is 0.481 e. The van der Waals surface area contributed by atoms with Gasteiger partial charge in [0.2, 0.25) is 0 Å². The Morgan fingerprint density at radius 2 is 1.76 bits per heavy atom. The average molecular weight is 345 g/mol. The predicted molar refractivity (Wildman–Crippen MR) is 87.2 cm³/mol. The standard InChI is InChI=1S/C19H14F3NO2/c20-19(21,22)17-15(18(24)25)11-14-10-13(8-9-16(14)23-17)7-6-12-4-2-1-3-5-12/h1-5,8-10,15,17,23H,11H2,(H,24,25). The highest BCUT2D eigenvalue weighted by Crippen LogP contribution is 2.37. The first kappa shape index (κ1) is 16.9. The fourth-order valence-corrected chi connectivity index (χ4v) is 2.81. The average Bonchev–Trinajstić information content (AvgIpc) is 2.58. The van der Waals surface area contributed by atoms with E-state index in [4.69, 9.17) is 5.11 Å². The third-order valence-electron chi connectivity index (χ3n) is 4.05. The number of nitrogens with one attached hydrogen (secondary N) is 1. The van der Waals surface area contributed by atoms with Crippen LogP contribution in [-0.2, 0) is 11.2 Å². The predicted octanol–water partition coefficient (Wildman–Crippen LogP) is 3.69. The number of carboxylic acids is 1. The smallest absolute Gasteiger partial charge is 0.409 e. The van der Waals surface area contributed by atoms with Gasteiger partial charge in [0.25, 0.3) is 0 Å². The Balaban J connectivity index is 1.90. The van der Waals surface area contributed by atoms with Crippen molar-refractivity contribution in [2.45, 2.75) is 18.6 Å². The number of aliphatic carboxylic acids is 1. The Bertz CT molecular complexity index is 850. The van der Waals surface area contributed by atoms with Crippen molar-refractivity contribution in [3.05, 3.63) is 65.2 Å². The number of fused-ring (bicyclic) bond motifs is 1. The zero-order valence-corrected chi connectivity index (χ0v) is 13.0. The summed E-state index contributed by atoms with van der Waals surface area (Å²) in [7, 11) is 0. The van der Waals surface area contributed by atoms with Gasteiger partial charge in [0.1, 0.15) is 6.04 Å². The summed E-state index contributed by atoms with van der Waals surface area (Å²) in [5, 5.41) is 11.5. The van der Waals surface area contributed by atoms with Crippen molar-refractivity contribution in [1.82, 2.24) is 0 Å². The van der Waals surface area contributed by atoms with Gasteiger partial charge in [-0.25, -0.2) is 0 Å². The van der Waals surface area contributed by atoms with Crippen molar-refractivity contribution >= 4 is 11.7 Å². The van der Waals surface area contributed by atoms with Gasteiger partial charge in [-0.05, 0) is 42.3 Å². The molecule has 1 aliphatic heterocycles. The SMILES string of the molecule is O=C(O)C1Cc2cc(C#Cc3ccccc3)ccc2NC1C(F)(F)F. The molecule has 6 heteroatoms. The highest BCUT2D eigenvalue weighted by atomic mass is 19.4. The molecule has 1 aliphatic rings. The van der Waals surface area contributed by atoms with Crippen molar-refractivity contribution < 1.29 is 23.1 Å². The molecular weight excluding hydrogens is 331 g/mol. The van der Waals surface area contributed by atoms with Crippen LogP contribution in [0.2, 0.25) is 0 Å². The van der Waals surface area contributed by atoms with E-state index in [1.165, 1.54) is 6.07 Å². The molecule has 0 bridgehead atoms. The van der Waals surface area contributed by atoms with Crippen LogP contribution in [0.25, 0.3) is 0 Å². The molecule has 0 aliphatic carbocycles. The number of benzene rings is 2. The molecule has 2 atom stereocenters. The molecule has 0 aromatic heterocycles. The molecule has 0 saturated carbocycles. The quantitative estimate of drug-likeness (QED) is 0.775. The van der Waals surface area contributed by atoms with E-state index in [9.17, 15) is 18.0 Å². The van der Waals surface area contributed by atoms with Crippen molar-refractivity contribution in [2.75, 3.05) is 5.32 Å². The lowest BCUT2D eigenvalue weighted by molar-refractivity contribution is -0.169. The van der Waals surface area contributed by atoms with Crippen LogP contribution in [0, 0.1) is 17.8 Å². The van der Waals surface area contributed by atoms with Gasteiger partial charge < -0.3 is 10.4 Å². The molecule has 0 spiro atoms. The lowest BCUT2D eigenvalue weighted by Gasteiger charge is -2.33. The maximum atomic E-state index is 13.1. The van der Waals surface area contributed by atoms with Gasteiger partial charge >= 0.3 is 12.1 Å². The summed E-state index contributed by atoms with van der Waals surface area (Å²) in [6.45, 7) is 0. The monoisotopic (exact) mass is 345 g/mol. The summed E-state index contributed by atoms with van der Waals surface area (Å²) in [6.07, 6.45) is -4.82.